The number of carbonyl (C=O) groups excluding carboxylic acids is 1. The molecule has 2 aromatic carbocycles. The van der Waals surface area contributed by atoms with Gasteiger partial charge in [0.15, 0.2) is 6.10 Å². The number of benzene rings is 2. The lowest BCUT2D eigenvalue weighted by atomic mass is 10.2. The van der Waals surface area contributed by atoms with E-state index in [2.05, 4.69) is 15.3 Å². The minimum Gasteiger partial charge on any atom is -0.481 e. The fourth-order valence-electron chi connectivity index (χ4n) is 2.95. The van der Waals surface area contributed by atoms with Crippen molar-refractivity contribution in [3.8, 4) is 17.4 Å². The van der Waals surface area contributed by atoms with Crippen molar-refractivity contribution >= 4 is 16.8 Å². The number of hydrogen-bond donors (Lipinski definition) is 1. The van der Waals surface area contributed by atoms with Gasteiger partial charge < -0.3 is 14.8 Å². The summed E-state index contributed by atoms with van der Waals surface area (Å²) < 4.78 is 11.7. The van der Waals surface area contributed by atoms with Gasteiger partial charge in [-0.15, -0.1) is 0 Å². The largest absolute Gasteiger partial charge is 0.481 e. The van der Waals surface area contributed by atoms with Gasteiger partial charge in [-0.25, -0.2) is 9.97 Å². The first-order valence-electron chi connectivity index (χ1n) is 8.72. The van der Waals surface area contributed by atoms with Gasteiger partial charge in [-0.3, -0.25) is 4.79 Å². The molecule has 0 saturated carbocycles. The summed E-state index contributed by atoms with van der Waals surface area (Å²) in [5, 5.41) is 3.73. The van der Waals surface area contributed by atoms with E-state index in [4.69, 9.17) is 9.47 Å². The number of para-hydroxylation sites is 1. The average Bonchev–Trinajstić information content (AvgIpc) is 2.88. The predicted octanol–water partition coefficient (Wildman–Crippen LogP) is 3.47. The fourth-order valence-corrected chi connectivity index (χ4v) is 2.95. The molecule has 132 valence electrons. The number of hydrogen-bond acceptors (Lipinski definition) is 5. The highest BCUT2D eigenvalue weighted by molar-refractivity contribution is 5.83. The predicted molar refractivity (Wildman–Crippen MR) is 97.3 cm³/mol. The van der Waals surface area contributed by atoms with Crippen molar-refractivity contribution in [3.05, 3.63) is 54.9 Å². The van der Waals surface area contributed by atoms with Gasteiger partial charge >= 0.3 is 0 Å². The van der Waals surface area contributed by atoms with Crippen LogP contribution in [0.25, 0.3) is 10.9 Å². The first kappa shape index (κ1) is 16.3. The van der Waals surface area contributed by atoms with Crippen molar-refractivity contribution in [2.24, 2.45) is 0 Å². The van der Waals surface area contributed by atoms with Gasteiger partial charge in [0, 0.05) is 6.54 Å². The second-order valence-corrected chi connectivity index (χ2v) is 6.16. The Labute approximate surface area is 151 Å². The lowest BCUT2D eigenvalue weighted by Crippen LogP contribution is -2.36. The Morgan fingerprint density at radius 1 is 0.962 bits per heavy atom. The number of carbonyl (C=O) groups is 1. The Hall–Kier alpha value is -3.15. The molecule has 1 aromatic heterocycles. The Kier molecular flexibility index (Phi) is 4.64. The maximum absolute atomic E-state index is 12.0. The summed E-state index contributed by atoms with van der Waals surface area (Å²) in [6, 6.07) is 14.9. The third-order valence-corrected chi connectivity index (χ3v) is 4.31. The van der Waals surface area contributed by atoms with Crippen LogP contribution in [0.15, 0.2) is 54.9 Å². The van der Waals surface area contributed by atoms with Gasteiger partial charge in [-0.05, 0) is 55.7 Å². The molecule has 0 unspecified atom stereocenters. The molecule has 0 spiro atoms. The van der Waals surface area contributed by atoms with E-state index in [0.717, 1.165) is 36.7 Å². The normalized spacial score (nSPS) is 17.4. The van der Waals surface area contributed by atoms with Crippen molar-refractivity contribution < 1.29 is 14.3 Å². The van der Waals surface area contributed by atoms with Gasteiger partial charge in [0.2, 0.25) is 5.88 Å². The van der Waals surface area contributed by atoms with E-state index >= 15 is 0 Å². The van der Waals surface area contributed by atoms with Gasteiger partial charge in [0.05, 0.1) is 10.9 Å². The summed E-state index contributed by atoms with van der Waals surface area (Å²) >= 11 is 0. The van der Waals surface area contributed by atoms with E-state index in [0.29, 0.717) is 17.4 Å². The first-order valence-corrected chi connectivity index (χ1v) is 8.72. The molecule has 0 radical (unpaired) electrons. The summed E-state index contributed by atoms with van der Waals surface area (Å²) in [6.07, 6.45) is 3.75. The monoisotopic (exact) mass is 349 g/mol. The maximum Gasteiger partial charge on any atom is 0.261 e. The molecule has 1 saturated heterocycles. The highest BCUT2D eigenvalue weighted by Gasteiger charge is 2.22. The van der Waals surface area contributed by atoms with Crippen LogP contribution in [-0.2, 0) is 4.79 Å². The van der Waals surface area contributed by atoms with E-state index in [1.807, 2.05) is 24.3 Å². The van der Waals surface area contributed by atoms with Crippen LogP contribution in [0, 0.1) is 0 Å². The highest BCUT2D eigenvalue weighted by atomic mass is 16.5. The lowest BCUT2D eigenvalue weighted by Gasteiger charge is -2.16. The van der Waals surface area contributed by atoms with Crippen molar-refractivity contribution in [1.82, 2.24) is 15.3 Å². The van der Waals surface area contributed by atoms with Crippen LogP contribution in [0.1, 0.15) is 19.3 Å². The quantitative estimate of drug-likeness (QED) is 0.781. The van der Waals surface area contributed by atoms with E-state index in [-0.39, 0.29) is 5.91 Å². The Morgan fingerprint density at radius 3 is 2.65 bits per heavy atom. The topological polar surface area (TPSA) is 73.3 Å². The number of rotatable bonds is 4. The van der Waals surface area contributed by atoms with E-state index in [1.54, 1.807) is 24.3 Å². The molecule has 6 heteroatoms. The zero-order chi connectivity index (χ0) is 17.8. The number of fused-ring (bicyclic) bond motifs is 1. The zero-order valence-electron chi connectivity index (χ0n) is 14.2. The van der Waals surface area contributed by atoms with Crippen LogP contribution in [0.2, 0.25) is 0 Å². The number of aromatic nitrogens is 2. The van der Waals surface area contributed by atoms with Gasteiger partial charge in [0.25, 0.3) is 5.91 Å². The van der Waals surface area contributed by atoms with Crippen LogP contribution in [0.3, 0.4) is 0 Å². The summed E-state index contributed by atoms with van der Waals surface area (Å²) in [5.74, 6) is 1.75. The second kappa shape index (κ2) is 7.39. The summed E-state index contributed by atoms with van der Waals surface area (Å²) in [6.45, 7) is 0.721. The standard InChI is InChI=1S/C20H19N3O3/c24-19-18(7-3-4-12-21-19)25-14-8-10-15(11-9-14)26-20-16-5-1-2-6-17(16)22-13-23-20/h1-2,5-6,8-11,13,18H,3-4,7,12H2,(H,21,24)/t18-/m1/s1. The van der Waals surface area contributed by atoms with Crippen molar-refractivity contribution in [3.63, 3.8) is 0 Å². The van der Waals surface area contributed by atoms with Crippen molar-refractivity contribution in [2.75, 3.05) is 6.54 Å². The molecule has 1 amide bonds. The Morgan fingerprint density at radius 2 is 1.77 bits per heavy atom. The van der Waals surface area contributed by atoms with Crippen molar-refractivity contribution in [2.45, 2.75) is 25.4 Å². The fraction of sp³-hybridized carbons (Fsp3) is 0.250. The van der Waals surface area contributed by atoms with E-state index in [1.165, 1.54) is 6.33 Å². The van der Waals surface area contributed by atoms with Crippen LogP contribution in [0.4, 0.5) is 0 Å². The molecule has 0 bridgehead atoms. The third-order valence-electron chi connectivity index (χ3n) is 4.31. The average molecular weight is 349 g/mol. The molecule has 1 fully saturated rings. The molecule has 1 atom stereocenters. The molecule has 0 aliphatic carbocycles. The molecule has 6 nitrogen and oxygen atoms in total. The molecule has 26 heavy (non-hydrogen) atoms. The molecule has 1 aliphatic heterocycles. The minimum absolute atomic E-state index is 0.0460. The number of amides is 1. The molecule has 2 heterocycles. The molecular formula is C20H19N3O3. The van der Waals surface area contributed by atoms with Crippen LogP contribution >= 0.6 is 0 Å². The summed E-state index contributed by atoms with van der Waals surface area (Å²) in [5.41, 5.74) is 0.830. The first-order chi connectivity index (χ1) is 12.8. The van der Waals surface area contributed by atoms with Gasteiger partial charge in [-0.1, -0.05) is 12.1 Å². The molecule has 1 N–H and O–H groups in total. The third kappa shape index (κ3) is 3.59. The zero-order valence-corrected chi connectivity index (χ0v) is 14.2. The molecular weight excluding hydrogens is 330 g/mol. The Balaban J connectivity index is 1.48. The second-order valence-electron chi connectivity index (χ2n) is 6.16. The highest BCUT2D eigenvalue weighted by Crippen LogP contribution is 2.28. The summed E-state index contributed by atoms with van der Waals surface area (Å²) in [7, 11) is 0. The molecule has 3 aromatic rings. The lowest BCUT2D eigenvalue weighted by molar-refractivity contribution is -0.127. The maximum atomic E-state index is 12.0. The summed E-state index contributed by atoms with van der Waals surface area (Å²) in [4.78, 5) is 20.4. The van der Waals surface area contributed by atoms with Crippen LogP contribution in [-0.4, -0.2) is 28.5 Å². The molecule has 4 rings (SSSR count). The number of nitrogens with one attached hydrogen (secondary N) is 1. The SMILES string of the molecule is O=C1NCCCC[C@H]1Oc1ccc(Oc2ncnc3ccccc23)cc1. The van der Waals surface area contributed by atoms with Crippen molar-refractivity contribution in [1.29, 1.82) is 0 Å². The smallest absolute Gasteiger partial charge is 0.261 e. The van der Waals surface area contributed by atoms with E-state index < -0.39 is 6.10 Å². The van der Waals surface area contributed by atoms with E-state index in [9.17, 15) is 4.79 Å². The molecule has 1 aliphatic rings. The van der Waals surface area contributed by atoms with Crippen LogP contribution < -0.4 is 14.8 Å². The Bertz CT molecular complexity index is 906. The number of ether oxygens (including phenoxy) is 2. The van der Waals surface area contributed by atoms with Crippen LogP contribution in [0.5, 0.6) is 17.4 Å². The minimum atomic E-state index is -0.435. The number of nitrogens with zero attached hydrogens (tertiary/aromatic N) is 2. The van der Waals surface area contributed by atoms with Gasteiger partial charge in [-0.2, -0.15) is 0 Å². The van der Waals surface area contributed by atoms with Gasteiger partial charge in [0.1, 0.15) is 17.8 Å².